The Kier molecular flexibility index (Phi) is 20.8. The Morgan fingerprint density at radius 3 is 2.03 bits per heavy atom. The zero-order chi connectivity index (χ0) is 25.7. The van der Waals surface area contributed by atoms with Crippen molar-refractivity contribution in [2.45, 2.75) is 90.9 Å². The topological polar surface area (TPSA) is 82.1 Å². The lowest BCUT2D eigenvalue weighted by molar-refractivity contribution is -0.152. The molecule has 7 nitrogen and oxygen atoms in total. The molecule has 8 heteroatoms. The molecule has 0 saturated heterocycles. The Morgan fingerprint density at radius 1 is 0.861 bits per heavy atom. The number of unbranched alkanes of at least 4 members (excludes halogenated alkanes) is 9. The fourth-order valence-corrected chi connectivity index (χ4v) is 3.67. The lowest BCUT2D eigenvalue weighted by Crippen LogP contribution is -2.29. The van der Waals surface area contributed by atoms with E-state index in [-0.39, 0.29) is 55.2 Å². The van der Waals surface area contributed by atoms with Crippen LogP contribution in [0.15, 0.2) is 36.1 Å². The Bertz CT molecular complexity index is 719. The highest BCUT2D eigenvalue weighted by Gasteiger charge is 2.14. The van der Waals surface area contributed by atoms with Crippen molar-refractivity contribution in [1.29, 1.82) is 0 Å². The van der Waals surface area contributed by atoms with Crippen molar-refractivity contribution in [3.05, 3.63) is 36.1 Å². The quantitative estimate of drug-likeness (QED) is 0.0741. The van der Waals surface area contributed by atoms with E-state index < -0.39 is 17.9 Å². The van der Waals surface area contributed by atoms with Crippen molar-refractivity contribution in [2.75, 3.05) is 32.9 Å². The van der Waals surface area contributed by atoms with E-state index in [1.165, 1.54) is 64.7 Å². The summed E-state index contributed by atoms with van der Waals surface area (Å²) in [5.74, 6) is -1.50. The largest absolute Gasteiger partial charge is 0.462 e. The molecule has 36 heavy (non-hydrogen) atoms. The number of hydrogen-bond acceptors (Lipinski definition) is 7. The van der Waals surface area contributed by atoms with Crippen LogP contribution >= 0.6 is 17.0 Å². The number of carbonyl (C=O) groups is 3. The van der Waals surface area contributed by atoms with Crippen molar-refractivity contribution in [1.82, 2.24) is 4.90 Å². The standard InChI is InChI=1S/C28H45NO6.BrH/c1-4-5-6-7-8-9-10-11-12-14-19-29-20-15-13-16-25(29)23-35-27(31)18-17-26(30)33-21-22-34-28(32)24(2)3;/h13,15-16H,2,4-12,14,17-23H2,1,3H3;1H. The van der Waals surface area contributed by atoms with E-state index in [1.807, 2.05) is 12.2 Å². The number of carbonyl (C=O) groups excluding carboxylic acids is 3. The normalized spacial score (nSPS) is 12.4. The van der Waals surface area contributed by atoms with Crippen LogP contribution in [0.1, 0.15) is 90.9 Å². The number of hydrogen-bond donors (Lipinski definition) is 0. The van der Waals surface area contributed by atoms with Crippen molar-refractivity contribution >= 4 is 34.9 Å². The summed E-state index contributed by atoms with van der Waals surface area (Å²) in [7, 11) is 0. The van der Waals surface area contributed by atoms with Crippen molar-refractivity contribution in [2.24, 2.45) is 0 Å². The van der Waals surface area contributed by atoms with Crippen LogP contribution in [-0.4, -0.2) is 55.7 Å². The minimum atomic E-state index is -0.532. The van der Waals surface area contributed by atoms with Crippen LogP contribution in [0.3, 0.4) is 0 Å². The molecule has 1 heterocycles. The number of esters is 3. The molecule has 0 fully saturated rings. The number of allylic oxidation sites excluding steroid dienone is 2. The second kappa shape index (κ2) is 22.1. The maximum atomic E-state index is 12.1. The summed E-state index contributed by atoms with van der Waals surface area (Å²) in [6.45, 7) is 9.13. The maximum Gasteiger partial charge on any atom is 0.333 e. The van der Waals surface area contributed by atoms with Gasteiger partial charge in [-0.1, -0.05) is 83.4 Å². The van der Waals surface area contributed by atoms with Crippen LogP contribution in [0.25, 0.3) is 0 Å². The number of halogens is 1. The number of nitrogens with zero attached hydrogens (tertiary/aromatic N) is 1. The molecule has 0 aliphatic carbocycles. The van der Waals surface area contributed by atoms with E-state index in [9.17, 15) is 14.4 Å². The van der Waals surface area contributed by atoms with E-state index >= 15 is 0 Å². The molecule has 0 atom stereocenters. The number of rotatable bonds is 20. The van der Waals surface area contributed by atoms with Gasteiger partial charge in [0.05, 0.1) is 18.5 Å². The van der Waals surface area contributed by atoms with Crippen LogP contribution in [0.5, 0.6) is 0 Å². The predicted octanol–water partition coefficient (Wildman–Crippen LogP) is 6.23. The maximum absolute atomic E-state index is 12.1. The second-order valence-corrected chi connectivity index (χ2v) is 9.01. The highest BCUT2D eigenvalue weighted by Crippen LogP contribution is 2.15. The molecule has 0 unspecified atom stereocenters. The molecule has 1 aliphatic rings. The average Bonchev–Trinajstić information content (AvgIpc) is 2.85. The zero-order valence-electron chi connectivity index (χ0n) is 22.3. The average molecular weight is 573 g/mol. The molecule has 0 amide bonds. The van der Waals surface area contributed by atoms with Gasteiger partial charge >= 0.3 is 17.9 Å². The van der Waals surface area contributed by atoms with E-state index in [1.54, 1.807) is 0 Å². The Hall–Kier alpha value is -2.09. The van der Waals surface area contributed by atoms with E-state index in [2.05, 4.69) is 24.5 Å². The Balaban J connectivity index is 0.0000122. The highest BCUT2D eigenvalue weighted by atomic mass is 79.9. The third kappa shape index (κ3) is 17.4. The molecular weight excluding hydrogens is 526 g/mol. The molecule has 206 valence electrons. The molecule has 0 bridgehead atoms. The fraction of sp³-hybridized carbons (Fsp3) is 0.679. The SMILES string of the molecule is Br.C=C(C)C(=O)OCCOC(=O)CCC(=O)OCC1=CC=CCN1CCCCCCCCCCCC. The molecule has 0 aromatic carbocycles. The van der Waals surface area contributed by atoms with E-state index in [0.29, 0.717) is 0 Å². The molecule has 0 aromatic heterocycles. The molecular formula is C28H46BrNO6. The van der Waals surface area contributed by atoms with E-state index in [0.717, 1.165) is 25.2 Å². The molecule has 0 spiro atoms. The summed E-state index contributed by atoms with van der Waals surface area (Å²) in [5.41, 5.74) is 1.27. The first-order valence-corrected chi connectivity index (χ1v) is 13.2. The van der Waals surface area contributed by atoms with Gasteiger partial charge in [-0.3, -0.25) is 9.59 Å². The molecule has 0 saturated carbocycles. The molecule has 1 rings (SSSR count). The van der Waals surface area contributed by atoms with Gasteiger partial charge in [-0.2, -0.15) is 0 Å². The van der Waals surface area contributed by atoms with Gasteiger partial charge in [0.15, 0.2) is 0 Å². The molecule has 0 radical (unpaired) electrons. The highest BCUT2D eigenvalue weighted by molar-refractivity contribution is 8.93. The van der Waals surface area contributed by atoms with Crippen LogP contribution in [0, 0.1) is 0 Å². The Morgan fingerprint density at radius 2 is 1.42 bits per heavy atom. The first-order valence-electron chi connectivity index (χ1n) is 13.2. The van der Waals surface area contributed by atoms with Gasteiger partial charge < -0.3 is 19.1 Å². The first kappa shape index (κ1) is 33.9. The third-order valence-electron chi connectivity index (χ3n) is 5.78. The monoisotopic (exact) mass is 571 g/mol. The van der Waals surface area contributed by atoms with Crippen LogP contribution in [0.4, 0.5) is 0 Å². The van der Waals surface area contributed by atoms with Gasteiger partial charge in [-0.15, -0.1) is 17.0 Å². The zero-order valence-corrected chi connectivity index (χ0v) is 24.0. The summed E-state index contributed by atoms with van der Waals surface area (Å²) < 4.78 is 15.2. The number of ether oxygens (including phenoxy) is 3. The third-order valence-corrected chi connectivity index (χ3v) is 5.78. The smallest absolute Gasteiger partial charge is 0.333 e. The Labute approximate surface area is 228 Å². The van der Waals surface area contributed by atoms with Crippen molar-refractivity contribution in [3.8, 4) is 0 Å². The van der Waals surface area contributed by atoms with Crippen LogP contribution in [-0.2, 0) is 28.6 Å². The minimum absolute atomic E-state index is 0. The summed E-state index contributed by atoms with van der Waals surface area (Å²) in [6, 6.07) is 0. The molecule has 0 N–H and O–H groups in total. The summed E-state index contributed by atoms with van der Waals surface area (Å²) in [4.78, 5) is 37.3. The lowest BCUT2D eigenvalue weighted by Gasteiger charge is -2.28. The van der Waals surface area contributed by atoms with Gasteiger partial charge in [0.1, 0.15) is 19.8 Å². The fourth-order valence-electron chi connectivity index (χ4n) is 3.67. The van der Waals surface area contributed by atoms with Crippen LogP contribution in [0.2, 0.25) is 0 Å². The lowest BCUT2D eigenvalue weighted by atomic mass is 10.1. The van der Waals surface area contributed by atoms with Gasteiger partial charge in [0, 0.05) is 18.7 Å². The molecule has 0 aromatic rings. The van der Waals surface area contributed by atoms with Crippen molar-refractivity contribution < 1.29 is 28.6 Å². The summed E-state index contributed by atoms with van der Waals surface area (Å²) in [6.07, 6.45) is 19.0. The summed E-state index contributed by atoms with van der Waals surface area (Å²) >= 11 is 0. The van der Waals surface area contributed by atoms with Gasteiger partial charge in [-0.05, 0) is 19.4 Å². The van der Waals surface area contributed by atoms with Crippen molar-refractivity contribution in [3.63, 3.8) is 0 Å². The van der Waals surface area contributed by atoms with Crippen LogP contribution < -0.4 is 0 Å². The van der Waals surface area contributed by atoms with Gasteiger partial charge in [-0.25, -0.2) is 4.79 Å². The predicted molar refractivity (Wildman–Crippen MR) is 148 cm³/mol. The second-order valence-electron chi connectivity index (χ2n) is 9.01. The van der Waals surface area contributed by atoms with Gasteiger partial charge in [0.2, 0.25) is 0 Å². The van der Waals surface area contributed by atoms with Gasteiger partial charge in [0.25, 0.3) is 0 Å². The van der Waals surface area contributed by atoms with E-state index in [4.69, 9.17) is 14.2 Å². The summed E-state index contributed by atoms with van der Waals surface area (Å²) in [5, 5.41) is 0. The minimum Gasteiger partial charge on any atom is -0.462 e. The molecule has 1 aliphatic heterocycles. The first-order chi connectivity index (χ1) is 16.9.